The van der Waals surface area contributed by atoms with Crippen LogP contribution >= 0.6 is 0 Å². The molecule has 39 heavy (non-hydrogen) atoms. The van der Waals surface area contributed by atoms with Crippen LogP contribution in [-0.4, -0.2) is 58.5 Å². The van der Waals surface area contributed by atoms with Crippen molar-refractivity contribution in [3.8, 4) is 11.5 Å². The lowest BCUT2D eigenvalue weighted by Gasteiger charge is -2.32. The van der Waals surface area contributed by atoms with E-state index in [1.165, 1.54) is 37.3 Å². The Morgan fingerprint density at radius 3 is 2.10 bits per heavy atom. The van der Waals surface area contributed by atoms with Gasteiger partial charge in [0.15, 0.2) is 11.5 Å². The van der Waals surface area contributed by atoms with Crippen LogP contribution < -0.4 is 19.1 Å². The van der Waals surface area contributed by atoms with E-state index < -0.39 is 28.5 Å². The number of amides is 2. The Labute approximate surface area is 230 Å². The molecule has 0 heterocycles. The number of para-hydroxylation sites is 1. The second-order valence-corrected chi connectivity index (χ2v) is 10.7. The Kier molecular flexibility index (Phi) is 10.3. The maximum Gasteiger partial charge on any atom is 0.264 e. The van der Waals surface area contributed by atoms with Crippen molar-refractivity contribution in [1.29, 1.82) is 0 Å². The van der Waals surface area contributed by atoms with Crippen LogP contribution in [0.2, 0.25) is 0 Å². The number of rotatable bonds is 13. The van der Waals surface area contributed by atoms with Crippen molar-refractivity contribution < 1.29 is 27.5 Å². The van der Waals surface area contributed by atoms with E-state index in [1.54, 1.807) is 37.3 Å². The van der Waals surface area contributed by atoms with Crippen molar-refractivity contribution in [3.63, 3.8) is 0 Å². The van der Waals surface area contributed by atoms with E-state index in [0.717, 1.165) is 16.3 Å². The summed E-state index contributed by atoms with van der Waals surface area (Å²) in [5.41, 5.74) is 1.12. The molecular weight excluding hydrogens is 518 g/mol. The van der Waals surface area contributed by atoms with Gasteiger partial charge in [-0.15, -0.1) is 0 Å². The normalized spacial score (nSPS) is 11.8. The van der Waals surface area contributed by atoms with Gasteiger partial charge in [-0.1, -0.05) is 55.5 Å². The summed E-state index contributed by atoms with van der Waals surface area (Å²) in [6.07, 6.45) is 0.746. The lowest BCUT2D eigenvalue weighted by atomic mass is 10.1. The zero-order chi connectivity index (χ0) is 28.4. The molecule has 0 fully saturated rings. The van der Waals surface area contributed by atoms with E-state index in [-0.39, 0.29) is 23.1 Å². The average Bonchev–Trinajstić information content (AvgIpc) is 2.97. The highest BCUT2D eigenvalue weighted by molar-refractivity contribution is 7.92. The van der Waals surface area contributed by atoms with Crippen LogP contribution in [0.5, 0.6) is 11.5 Å². The molecule has 3 rings (SSSR count). The predicted octanol–water partition coefficient (Wildman–Crippen LogP) is 3.84. The van der Waals surface area contributed by atoms with E-state index >= 15 is 0 Å². The van der Waals surface area contributed by atoms with Crippen LogP contribution in [0.3, 0.4) is 0 Å². The first kappa shape index (κ1) is 29.5. The van der Waals surface area contributed by atoms with Gasteiger partial charge in [0.2, 0.25) is 11.8 Å². The van der Waals surface area contributed by atoms with Gasteiger partial charge < -0.3 is 19.7 Å². The minimum atomic E-state index is -4.22. The topological polar surface area (TPSA) is 105 Å². The van der Waals surface area contributed by atoms with Crippen molar-refractivity contribution in [2.75, 3.05) is 31.6 Å². The van der Waals surface area contributed by atoms with Gasteiger partial charge in [0.25, 0.3) is 10.0 Å². The monoisotopic (exact) mass is 553 g/mol. The molecule has 0 aliphatic rings. The van der Waals surface area contributed by atoms with Gasteiger partial charge in [0.05, 0.1) is 24.8 Å². The molecule has 0 aromatic heterocycles. The highest BCUT2D eigenvalue weighted by Crippen LogP contribution is 2.32. The van der Waals surface area contributed by atoms with Gasteiger partial charge in [0.1, 0.15) is 12.6 Å². The van der Waals surface area contributed by atoms with Crippen LogP contribution in [0.15, 0.2) is 83.8 Å². The molecule has 0 bridgehead atoms. The summed E-state index contributed by atoms with van der Waals surface area (Å²) in [7, 11) is -1.35. The quantitative estimate of drug-likeness (QED) is 0.345. The van der Waals surface area contributed by atoms with Gasteiger partial charge in [-0.25, -0.2) is 8.42 Å². The van der Waals surface area contributed by atoms with Crippen molar-refractivity contribution >= 4 is 27.5 Å². The maximum atomic E-state index is 13.9. The number of benzene rings is 3. The fourth-order valence-corrected chi connectivity index (χ4v) is 5.42. The van der Waals surface area contributed by atoms with E-state index in [9.17, 15) is 18.0 Å². The SMILES string of the molecule is CCCNC(=O)[C@@H](C)N(Cc1ccccc1)C(=O)CN(c1ccccc1)S(=O)(=O)c1ccc(OC)c(OC)c1. The molecule has 0 aliphatic heterocycles. The smallest absolute Gasteiger partial charge is 0.264 e. The molecule has 9 nitrogen and oxygen atoms in total. The molecule has 0 saturated heterocycles. The number of sulfonamides is 1. The number of methoxy groups -OCH3 is 2. The van der Waals surface area contributed by atoms with Gasteiger partial charge >= 0.3 is 0 Å². The van der Waals surface area contributed by atoms with Gasteiger partial charge in [-0.2, -0.15) is 0 Å². The van der Waals surface area contributed by atoms with Crippen LogP contribution in [0.4, 0.5) is 5.69 Å². The number of ether oxygens (including phenoxy) is 2. The Balaban J connectivity index is 2.02. The highest BCUT2D eigenvalue weighted by atomic mass is 32.2. The Morgan fingerprint density at radius 2 is 1.51 bits per heavy atom. The first-order chi connectivity index (χ1) is 18.7. The van der Waals surface area contributed by atoms with Crippen LogP contribution in [0, 0.1) is 0 Å². The third kappa shape index (κ3) is 7.29. The molecule has 0 radical (unpaired) electrons. The van der Waals surface area contributed by atoms with Gasteiger partial charge in [-0.3, -0.25) is 13.9 Å². The van der Waals surface area contributed by atoms with Crippen molar-refractivity contribution in [2.45, 2.75) is 37.8 Å². The summed E-state index contributed by atoms with van der Waals surface area (Å²) in [6.45, 7) is 3.68. The Hall–Kier alpha value is -4.05. The number of nitrogens with zero attached hydrogens (tertiary/aromatic N) is 2. The fraction of sp³-hybridized carbons (Fsp3) is 0.310. The zero-order valence-corrected chi connectivity index (χ0v) is 23.5. The lowest BCUT2D eigenvalue weighted by Crippen LogP contribution is -2.51. The summed E-state index contributed by atoms with van der Waals surface area (Å²) in [5, 5.41) is 2.83. The molecule has 208 valence electrons. The summed E-state index contributed by atoms with van der Waals surface area (Å²) in [6, 6.07) is 21.1. The van der Waals surface area contributed by atoms with Gasteiger partial charge in [0, 0.05) is 19.2 Å². The summed E-state index contributed by atoms with van der Waals surface area (Å²) in [5.74, 6) is -0.217. The number of carbonyl (C=O) groups excluding carboxylic acids is 2. The standard InChI is InChI=1S/C29H35N3O6S/c1-5-18-30-29(34)22(2)31(20-23-12-8-6-9-13-23)28(33)21-32(24-14-10-7-11-15-24)39(35,36)25-16-17-26(37-3)27(19-25)38-4/h6-17,19,22H,5,18,20-21H2,1-4H3,(H,30,34)/t22-/m1/s1. The number of hydrogen-bond acceptors (Lipinski definition) is 6. The third-order valence-corrected chi connectivity index (χ3v) is 7.95. The van der Waals surface area contributed by atoms with Crippen molar-refractivity contribution in [2.24, 2.45) is 0 Å². The summed E-state index contributed by atoms with van der Waals surface area (Å²) >= 11 is 0. The second-order valence-electron chi connectivity index (χ2n) is 8.84. The van der Waals surface area contributed by atoms with Gasteiger partial charge in [-0.05, 0) is 43.2 Å². The molecule has 1 atom stereocenters. The fourth-order valence-electron chi connectivity index (χ4n) is 3.99. The zero-order valence-electron chi connectivity index (χ0n) is 22.7. The lowest BCUT2D eigenvalue weighted by molar-refractivity contribution is -0.139. The number of hydrogen-bond donors (Lipinski definition) is 1. The average molecular weight is 554 g/mol. The van der Waals surface area contributed by atoms with Crippen LogP contribution in [-0.2, 0) is 26.2 Å². The van der Waals surface area contributed by atoms with Crippen molar-refractivity contribution in [3.05, 3.63) is 84.4 Å². The molecule has 0 saturated carbocycles. The second kappa shape index (κ2) is 13.7. The largest absolute Gasteiger partial charge is 0.493 e. The summed E-state index contributed by atoms with van der Waals surface area (Å²) < 4.78 is 39.5. The van der Waals surface area contributed by atoms with Crippen LogP contribution in [0.1, 0.15) is 25.8 Å². The molecule has 1 N–H and O–H groups in total. The molecule has 0 unspecified atom stereocenters. The third-order valence-electron chi connectivity index (χ3n) is 6.18. The molecule has 3 aromatic rings. The van der Waals surface area contributed by atoms with Crippen molar-refractivity contribution in [1.82, 2.24) is 10.2 Å². The predicted molar refractivity (Wildman–Crippen MR) is 150 cm³/mol. The molecule has 0 spiro atoms. The number of anilines is 1. The minimum absolute atomic E-state index is 0.0693. The number of nitrogens with one attached hydrogen (secondary N) is 1. The maximum absolute atomic E-state index is 13.9. The Morgan fingerprint density at radius 1 is 0.897 bits per heavy atom. The molecule has 0 aliphatic carbocycles. The van der Waals surface area contributed by atoms with E-state index in [2.05, 4.69) is 5.32 Å². The highest BCUT2D eigenvalue weighted by Gasteiger charge is 2.33. The molecular formula is C29H35N3O6S. The molecule has 2 amide bonds. The first-order valence-corrected chi connectivity index (χ1v) is 14.1. The number of carbonyl (C=O) groups is 2. The van der Waals surface area contributed by atoms with E-state index in [0.29, 0.717) is 18.0 Å². The Bertz CT molecular complexity index is 1350. The van der Waals surface area contributed by atoms with Crippen LogP contribution in [0.25, 0.3) is 0 Å². The first-order valence-electron chi connectivity index (χ1n) is 12.6. The molecule has 10 heteroatoms. The summed E-state index contributed by atoms with van der Waals surface area (Å²) in [4.78, 5) is 28.1. The van der Waals surface area contributed by atoms with E-state index in [4.69, 9.17) is 9.47 Å². The minimum Gasteiger partial charge on any atom is -0.493 e. The van der Waals surface area contributed by atoms with E-state index in [1.807, 2.05) is 37.3 Å². The molecule has 3 aromatic carbocycles.